The number of aliphatic hydroxyl groups is 1. The van der Waals surface area contributed by atoms with Crippen LogP contribution in [-0.4, -0.2) is 22.2 Å². The van der Waals surface area contributed by atoms with Gasteiger partial charge in [-0.05, 0) is 26.0 Å². The Labute approximate surface area is 98.9 Å². The monoisotopic (exact) mass is 242 g/mol. The van der Waals surface area contributed by atoms with E-state index in [-0.39, 0.29) is 16.6 Å². The van der Waals surface area contributed by atoms with E-state index in [1.165, 1.54) is 24.8 Å². The van der Waals surface area contributed by atoms with Crippen LogP contribution in [0.4, 0.5) is 4.39 Å². The van der Waals surface area contributed by atoms with Gasteiger partial charge in [0, 0.05) is 10.1 Å². The average Bonchev–Trinajstić information content (AvgIpc) is 2.16. The summed E-state index contributed by atoms with van der Waals surface area (Å²) < 4.78 is 13.5. The number of Topliss-reactive ketones (excluding diaryl/α,β-unsaturated/α-hetero) is 1. The lowest BCUT2D eigenvalue weighted by atomic mass is 10.1. The second kappa shape index (κ2) is 5.46. The minimum absolute atomic E-state index is 0.0834. The van der Waals surface area contributed by atoms with Crippen molar-refractivity contribution in [2.24, 2.45) is 0 Å². The molecule has 0 aromatic heterocycles. The van der Waals surface area contributed by atoms with Crippen LogP contribution in [0.15, 0.2) is 23.1 Å². The second-order valence-corrected chi connectivity index (χ2v) is 5.15. The number of benzene rings is 1. The van der Waals surface area contributed by atoms with Crippen LogP contribution in [-0.2, 0) is 0 Å². The number of hydrogen-bond acceptors (Lipinski definition) is 3. The van der Waals surface area contributed by atoms with Gasteiger partial charge in [-0.1, -0.05) is 13.0 Å². The predicted molar refractivity (Wildman–Crippen MR) is 63.4 cm³/mol. The molecule has 0 aliphatic rings. The highest BCUT2D eigenvalue weighted by atomic mass is 32.2. The van der Waals surface area contributed by atoms with E-state index >= 15 is 0 Å². The number of carbonyl (C=O) groups excluding carboxylic acids is 1. The highest BCUT2D eigenvalue weighted by Gasteiger charge is 2.17. The molecule has 88 valence electrons. The van der Waals surface area contributed by atoms with Crippen molar-refractivity contribution in [3.05, 3.63) is 29.6 Å². The predicted octanol–water partition coefficient (Wildman–Crippen LogP) is 2.89. The molecular formula is C12H15FO2S. The van der Waals surface area contributed by atoms with Crippen LogP contribution < -0.4 is 0 Å². The lowest BCUT2D eigenvalue weighted by Crippen LogP contribution is -2.15. The van der Waals surface area contributed by atoms with E-state index in [0.717, 1.165) is 0 Å². The maximum absolute atomic E-state index is 13.5. The molecule has 1 rings (SSSR count). The van der Waals surface area contributed by atoms with E-state index in [0.29, 0.717) is 4.90 Å². The van der Waals surface area contributed by atoms with Crippen molar-refractivity contribution in [1.82, 2.24) is 0 Å². The van der Waals surface area contributed by atoms with E-state index in [1.807, 2.05) is 6.92 Å². The molecule has 16 heavy (non-hydrogen) atoms. The smallest absolute Gasteiger partial charge is 0.163 e. The Morgan fingerprint density at radius 3 is 2.56 bits per heavy atom. The molecule has 0 bridgehead atoms. The molecule has 0 heterocycles. The molecule has 1 N–H and O–H groups in total. The molecule has 1 aromatic rings. The summed E-state index contributed by atoms with van der Waals surface area (Å²) in [6, 6.07) is 4.54. The Morgan fingerprint density at radius 2 is 2.06 bits per heavy atom. The summed E-state index contributed by atoms with van der Waals surface area (Å²) in [6.07, 6.45) is -0.506. The summed E-state index contributed by atoms with van der Waals surface area (Å²) in [7, 11) is 0. The first-order valence-corrected chi connectivity index (χ1v) is 5.95. The number of ketones is 1. The molecule has 2 nitrogen and oxygen atoms in total. The summed E-state index contributed by atoms with van der Waals surface area (Å²) in [6.45, 7) is 4.85. The first-order chi connectivity index (χ1) is 7.43. The molecule has 0 aliphatic heterocycles. The number of carbonyl (C=O) groups is 1. The zero-order valence-electron chi connectivity index (χ0n) is 9.53. The van der Waals surface area contributed by atoms with Crippen molar-refractivity contribution >= 4 is 17.5 Å². The fourth-order valence-corrected chi connectivity index (χ4v) is 2.36. The minimum Gasteiger partial charge on any atom is -0.392 e. The minimum atomic E-state index is -0.506. The van der Waals surface area contributed by atoms with Crippen LogP contribution >= 0.6 is 11.8 Å². The highest BCUT2D eigenvalue weighted by molar-refractivity contribution is 8.00. The maximum atomic E-state index is 13.5. The lowest BCUT2D eigenvalue weighted by Gasteiger charge is -2.15. The Bertz CT molecular complexity index is 391. The van der Waals surface area contributed by atoms with Crippen molar-refractivity contribution in [3.8, 4) is 0 Å². The molecule has 1 aromatic carbocycles. The van der Waals surface area contributed by atoms with Crippen LogP contribution in [0, 0.1) is 5.82 Å². The molecule has 0 amide bonds. The Balaban J connectivity index is 3.04. The van der Waals surface area contributed by atoms with E-state index in [9.17, 15) is 14.3 Å². The largest absolute Gasteiger partial charge is 0.392 e. The van der Waals surface area contributed by atoms with Gasteiger partial charge < -0.3 is 5.11 Å². The average molecular weight is 242 g/mol. The van der Waals surface area contributed by atoms with Gasteiger partial charge in [0.25, 0.3) is 0 Å². The van der Waals surface area contributed by atoms with Gasteiger partial charge in [0.2, 0.25) is 0 Å². The van der Waals surface area contributed by atoms with Crippen molar-refractivity contribution in [1.29, 1.82) is 0 Å². The SMILES string of the molecule is CC(=O)c1c(F)cccc1SC(C)C(C)O. The van der Waals surface area contributed by atoms with Crippen LogP contribution in [0.25, 0.3) is 0 Å². The van der Waals surface area contributed by atoms with E-state index < -0.39 is 11.9 Å². The molecule has 2 atom stereocenters. The number of rotatable bonds is 4. The summed E-state index contributed by atoms with van der Waals surface area (Å²) >= 11 is 1.31. The fraction of sp³-hybridized carbons (Fsp3) is 0.417. The molecular weight excluding hydrogens is 227 g/mol. The third kappa shape index (κ3) is 3.06. The molecule has 0 spiro atoms. The summed E-state index contributed by atoms with van der Waals surface area (Å²) in [5.41, 5.74) is 0.111. The fourth-order valence-electron chi connectivity index (χ4n) is 1.24. The number of aliphatic hydroxyl groups excluding tert-OH is 1. The van der Waals surface area contributed by atoms with E-state index in [2.05, 4.69) is 0 Å². The summed E-state index contributed by atoms with van der Waals surface area (Å²) in [4.78, 5) is 11.9. The van der Waals surface area contributed by atoms with Crippen LogP contribution in [0.1, 0.15) is 31.1 Å². The third-order valence-corrected chi connectivity index (χ3v) is 3.68. The van der Waals surface area contributed by atoms with E-state index in [1.54, 1.807) is 19.1 Å². The first-order valence-electron chi connectivity index (χ1n) is 5.07. The molecule has 0 aliphatic carbocycles. The van der Waals surface area contributed by atoms with Crippen LogP contribution in [0.3, 0.4) is 0 Å². The van der Waals surface area contributed by atoms with Gasteiger partial charge in [-0.15, -0.1) is 11.8 Å². The normalized spacial score (nSPS) is 14.6. The molecule has 4 heteroatoms. The van der Waals surface area contributed by atoms with Crippen LogP contribution in [0.5, 0.6) is 0 Å². The Morgan fingerprint density at radius 1 is 1.44 bits per heavy atom. The highest BCUT2D eigenvalue weighted by Crippen LogP contribution is 2.30. The lowest BCUT2D eigenvalue weighted by molar-refractivity contribution is 0.101. The van der Waals surface area contributed by atoms with Crippen molar-refractivity contribution in [3.63, 3.8) is 0 Å². The van der Waals surface area contributed by atoms with Gasteiger partial charge >= 0.3 is 0 Å². The van der Waals surface area contributed by atoms with Crippen LogP contribution in [0.2, 0.25) is 0 Å². The topological polar surface area (TPSA) is 37.3 Å². The molecule has 0 radical (unpaired) electrons. The third-order valence-electron chi connectivity index (χ3n) is 2.32. The first kappa shape index (κ1) is 13.2. The molecule has 0 saturated carbocycles. The molecule has 0 fully saturated rings. The zero-order chi connectivity index (χ0) is 12.3. The molecule has 0 saturated heterocycles. The summed E-state index contributed by atoms with van der Waals surface area (Å²) in [5, 5.41) is 9.30. The van der Waals surface area contributed by atoms with Gasteiger partial charge in [-0.3, -0.25) is 4.79 Å². The number of halogens is 1. The standard InChI is InChI=1S/C12H15FO2S/c1-7(14)9(3)16-11-6-4-5-10(13)12(11)8(2)15/h4-7,9,14H,1-3H3. The van der Waals surface area contributed by atoms with Gasteiger partial charge in [0.05, 0.1) is 11.7 Å². The quantitative estimate of drug-likeness (QED) is 0.651. The van der Waals surface area contributed by atoms with Gasteiger partial charge in [0.15, 0.2) is 5.78 Å². The maximum Gasteiger partial charge on any atom is 0.163 e. The van der Waals surface area contributed by atoms with Gasteiger partial charge in [-0.2, -0.15) is 0 Å². The summed E-state index contributed by atoms with van der Waals surface area (Å²) in [5.74, 6) is -0.798. The van der Waals surface area contributed by atoms with Crippen molar-refractivity contribution < 1.29 is 14.3 Å². The van der Waals surface area contributed by atoms with Crippen molar-refractivity contribution in [2.75, 3.05) is 0 Å². The Hall–Kier alpha value is -0.870. The van der Waals surface area contributed by atoms with E-state index in [4.69, 9.17) is 0 Å². The zero-order valence-corrected chi connectivity index (χ0v) is 10.3. The Kier molecular flexibility index (Phi) is 4.50. The second-order valence-electron chi connectivity index (χ2n) is 3.73. The van der Waals surface area contributed by atoms with Gasteiger partial charge in [0.1, 0.15) is 5.82 Å². The number of thioether (sulfide) groups is 1. The molecule has 2 unspecified atom stereocenters. The van der Waals surface area contributed by atoms with Crippen molar-refractivity contribution in [2.45, 2.75) is 37.0 Å². The van der Waals surface area contributed by atoms with Gasteiger partial charge in [-0.25, -0.2) is 4.39 Å². The number of hydrogen-bond donors (Lipinski definition) is 1.